The molecule has 0 radical (unpaired) electrons. The Balaban J connectivity index is 1.86. The van der Waals surface area contributed by atoms with Gasteiger partial charge in [-0.1, -0.05) is 0 Å². The van der Waals surface area contributed by atoms with Crippen molar-refractivity contribution in [3.63, 3.8) is 0 Å². The fourth-order valence-corrected chi connectivity index (χ4v) is 1.99. The number of nitrogens with two attached hydrogens (primary N) is 1. The lowest BCUT2D eigenvalue weighted by atomic mass is 10.1. The Morgan fingerprint density at radius 1 is 1.44 bits per heavy atom. The van der Waals surface area contributed by atoms with Crippen LogP contribution in [0.1, 0.15) is 24.8 Å². The van der Waals surface area contributed by atoms with Gasteiger partial charge in [0, 0.05) is 24.5 Å². The number of benzene rings is 1. The van der Waals surface area contributed by atoms with E-state index in [-0.39, 0.29) is 0 Å². The smallest absolute Gasteiger partial charge is 0.0747 e. The summed E-state index contributed by atoms with van der Waals surface area (Å²) in [6.07, 6.45) is 4.03. The zero-order chi connectivity index (χ0) is 11.4. The minimum Gasteiger partial charge on any atom is -0.399 e. The van der Waals surface area contributed by atoms with Crippen LogP contribution in [0.4, 0.5) is 11.4 Å². The summed E-state index contributed by atoms with van der Waals surface area (Å²) in [7, 11) is 0. The van der Waals surface area contributed by atoms with E-state index < -0.39 is 0 Å². The van der Waals surface area contributed by atoms with Crippen LogP contribution < -0.4 is 11.1 Å². The number of ether oxygens (including phenoxy) is 1. The SMILES string of the molecule is Cc1cc(NCC2CCCCO2)ccc1N. The Hall–Kier alpha value is -1.22. The summed E-state index contributed by atoms with van der Waals surface area (Å²) in [5, 5.41) is 3.40. The molecule has 0 bridgehead atoms. The van der Waals surface area contributed by atoms with E-state index in [1.807, 2.05) is 19.1 Å². The number of rotatable bonds is 3. The molecule has 1 atom stereocenters. The van der Waals surface area contributed by atoms with Gasteiger partial charge in [-0.15, -0.1) is 0 Å². The molecule has 0 aliphatic carbocycles. The van der Waals surface area contributed by atoms with E-state index in [1.165, 1.54) is 19.3 Å². The molecule has 1 saturated heterocycles. The zero-order valence-corrected chi connectivity index (χ0v) is 9.83. The van der Waals surface area contributed by atoms with Gasteiger partial charge in [-0.3, -0.25) is 0 Å². The summed E-state index contributed by atoms with van der Waals surface area (Å²) in [6.45, 7) is 3.83. The number of hydrogen-bond donors (Lipinski definition) is 2. The lowest BCUT2D eigenvalue weighted by molar-refractivity contribution is 0.0247. The number of anilines is 2. The molecule has 1 aromatic rings. The molecule has 3 nitrogen and oxygen atoms in total. The van der Waals surface area contributed by atoms with Crippen LogP contribution in [-0.2, 0) is 4.74 Å². The van der Waals surface area contributed by atoms with Crippen LogP contribution >= 0.6 is 0 Å². The maximum absolute atomic E-state index is 5.78. The number of nitrogens with one attached hydrogen (secondary N) is 1. The molecule has 1 aromatic carbocycles. The second kappa shape index (κ2) is 5.21. The average molecular weight is 220 g/mol. The Bertz CT molecular complexity index is 346. The minimum absolute atomic E-state index is 0.367. The normalized spacial score (nSPS) is 20.7. The third-order valence-corrected chi connectivity index (χ3v) is 3.08. The number of aryl methyl sites for hydroxylation is 1. The fraction of sp³-hybridized carbons (Fsp3) is 0.538. The van der Waals surface area contributed by atoms with Crippen LogP contribution in [0.3, 0.4) is 0 Å². The molecule has 1 fully saturated rings. The van der Waals surface area contributed by atoms with Crippen molar-refractivity contribution >= 4 is 11.4 Å². The van der Waals surface area contributed by atoms with E-state index in [9.17, 15) is 0 Å². The van der Waals surface area contributed by atoms with Gasteiger partial charge in [0.25, 0.3) is 0 Å². The molecule has 1 aliphatic rings. The molecule has 2 rings (SSSR count). The first kappa shape index (κ1) is 11.3. The molecule has 0 saturated carbocycles. The van der Waals surface area contributed by atoms with E-state index in [0.717, 1.165) is 30.1 Å². The molecule has 1 heterocycles. The fourth-order valence-electron chi connectivity index (χ4n) is 1.99. The molecule has 3 N–H and O–H groups in total. The topological polar surface area (TPSA) is 47.3 Å². The van der Waals surface area contributed by atoms with E-state index >= 15 is 0 Å². The number of nitrogen functional groups attached to an aromatic ring is 1. The van der Waals surface area contributed by atoms with Gasteiger partial charge >= 0.3 is 0 Å². The second-order valence-corrected chi connectivity index (χ2v) is 4.44. The van der Waals surface area contributed by atoms with Crippen molar-refractivity contribution < 1.29 is 4.74 Å². The molecule has 0 aromatic heterocycles. The van der Waals surface area contributed by atoms with Gasteiger partial charge in [0.15, 0.2) is 0 Å². The van der Waals surface area contributed by atoms with Gasteiger partial charge < -0.3 is 15.8 Å². The van der Waals surface area contributed by atoms with Crippen LogP contribution in [-0.4, -0.2) is 19.3 Å². The van der Waals surface area contributed by atoms with E-state index in [4.69, 9.17) is 10.5 Å². The molecule has 0 spiro atoms. The Kier molecular flexibility index (Phi) is 3.67. The molecular formula is C13H20N2O. The largest absolute Gasteiger partial charge is 0.399 e. The molecule has 16 heavy (non-hydrogen) atoms. The monoisotopic (exact) mass is 220 g/mol. The van der Waals surface area contributed by atoms with Crippen LogP contribution in [0.25, 0.3) is 0 Å². The second-order valence-electron chi connectivity index (χ2n) is 4.44. The molecule has 88 valence electrons. The van der Waals surface area contributed by atoms with Gasteiger partial charge in [0.1, 0.15) is 0 Å². The Morgan fingerprint density at radius 3 is 3.00 bits per heavy atom. The van der Waals surface area contributed by atoms with Gasteiger partial charge in [0.2, 0.25) is 0 Å². The van der Waals surface area contributed by atoms with Gasteiger partial charge in [0.05, 0.1) is 6.10 Å². The summed E-state index contributed by atoms with van der Waals surface area (Å²) in [5.74, 6) is 0. The summed E-state index contributed by atoms with van der Waals surface area (Å²) >= 11 is 0. The summed E-state index contributed by atoms with van der Waals surface area (Å²) in [6, 6.07) is 6.04. The zero-order valence-electron chi connectivity index (χ0n) is 9.83. The van der Waals surface area contributed by atoms with E-state index in [1.54, 1.807) is 0 Å². The average Bonchev–Trinajstić information content (AvgIpc) is 2.32. The van der Waals surface area contributed by atoms with Crippen molar-refractivity contribution in [2.45, 2.75) is 32.3 Å². The quantitative estimate of drug-likeness (QED) is 0.770. The maximum Gasteiger partial charge on any atom is 0.0747 e. The summed E-state index contributed by atoms with van der Waals surface area (Å²) < 4.78 is 5.67. The van der Waals surface area contributed by atoms with Crippen LogP contribution in [0.2, 0.25) is 0 Å². The van der Waals surface area contributed by atoms with E-state index in [0.29, 0.717) is 6.10 Å². The van der Waals surface area contributed by atoms with Crippen molar-refractivity contribution in [3.8, 4) is 0 Å². The highest BCUT2D eigenvalue weighted by Crippen LogP contribution is 2.18. The standard InChI is InChI=1S/C13H20N2O/c1-10-8-11(5-6-13(10)14)15-9-12-4-2-3-7-16-12/h5-6,8,12,15H,2-4,7,9,14H2,1H3. The van der Waals surface area contributed by atoms with Crippen LogP contribution in [0.5, 0.6) is 0 Å². The first-order valence-electron chi connectivity index (χ1n) is 5.97. The maximum atomic E-state index is 5.78. The van der Waals surface area contributed by atoms with Crippen molar-refractivity contribution in [1.29, 1.82) is 0 Å². The molecular weight excluding hydrogens is 200 g/mol. The van der Waals surface area contributed by atoms with Crippen LogP contribution in [0.15, 0.2) is 18.2 Å². The highest BCUT2D eigenvalue weighted by Gasteiger charge is 2.13. The number of hydrogen-bond acceptors (Lipinski definition) is 3. The third kappa shape index (κ3) is 2.89. The Morgan fingerprint density at radius 2 is 2.31 bits per heavy atom. The van der Waals surface area contributed by atoms with E-state index in [2.05, 4.69) is 11.4 Å². The van der Waals surface area contributed by atoms with Crippen molar-refractivity contribution in [1.82, 2.24) is 0 Å². The lowest BCUT2D eigenvalue weighted by Crippen LogP contribution is -2.26. The van der Waals surface area contributed by atoms with Gasteiger partial charge in [-0.05, 0) is 49.9 Å². The minimum atomic E-state index is 0.367. The molecule has 3 heteroatoms. The predicted octanol–water partition coefficient (Wildman–Crippen LogP) is 2.56. The molecule has 0 amide bonds. The lowest BCUT2D eigenvalue weighted by Gasteiger charge is -2.23. The van der Waals surface area contributed by atoms with Crippen molar-refractivity contribution in [2.75, 3.05) is 24.2 Å². The van der Waals surface area contributed by atoms with Gasteiger partial charge in [-0.25, -0.2) is 0 Å². The van der Waals surface area contributed by atoms with Crippen LogP contribution in [0, 0.1) is 6.92 Å². The highest BCUT2D eigenvalue weighted by molar-refractivity contribution is 5.56. The van der Waals surface area contributed by atoms with Crippen molar-refractivity contribution in [2.24, 2.45) is 0 Å². The Labute approximate surface area is 97.0 Å². The summed E-state index contributed by atoms with van der Waals surface area (Å²) in [5.41, 5.74) is 8.87. The first-order chi connectivity index (χ1) is 7.75. The molecule has 1 aliphatic heterocycles. The predicted molar refractivity (Wildman–Crippen MR) is 67.7 cm³/mol. The highest BCUT2D eigenvalue weighted by atomic mass is 16.5. The first-order valence-corrected chi connectivity index (χ1v) is 5.97. The summed E-state index contributed by atoms with van der Waals surface area (Å²) in [4.78, 5) is 0. The van der Waals surface area contributed by atoms with Gasteiger partial charge in [-0.2, -0.15) is 0 Å². The third-order valence-electron chi connectivity index (χ3n) is 3.08. The molecule has 1 unspecified atom stereocenters. The van der Waals surface area contributed by atoms with Crippen molar-refractivity contribution in [3.05, 3.63) is 23.8 Å².